The third-order valence-electron chi connectivity index (χ3n) is 2.54. The second-order valence-corrected chi connectivity index (χ2v) is 3.95. The minimum Gasteiger partial charge on any atom is -0.508 e. The van der Waals surface area contributed by atoms with E-state index in [0.717, 1.165) is 0 Å². The quantitative estimate of drug-likeness (QED) is 0.781. The molecule has 0 atom stereocenters. The van der Waals surface area contributed by atoms with Crippen molar-refractivity contribution in [1.29, 1.82) is 0 Å². The van der Waals surface area contributed by atoms with E-state index in [1.165, 1.54) is 24.3 Å². The van der Waals surface area contributed by atoms with Crippen LogP contribution in [-0.2, 0) is 0 Å². The number of primary amides is 1. The van der Waals surface area contributed by atoms with E-state index in [9.17, 15) is 14.7 Å². The molecular formula is C14H12N2O3. The van der Waals surface area contributed by atoms with Gasteiger partial charge in [0, 0.05) is 16.8 Å². The summed E-state index contributed by atoms with van der Waals surface area (Å²) in [5.41, 5.74) is 6.38. The van der Waals surface area contributed by atoms with Gasteiger partial charge in [-0.15, -0.1) is 0 Å². The monoisotopic (exact) mass is 256 g/mol. The Morgan fingerprint density at radius 3 is 2.26 bits per heavy atom. The molecule has 0 saturated carbocycles. The zero-order valence-electron chi connectivity index (χ0n) is 9.96. The highest BCUT2D eigenvalue weighted by Crippen LogP contribution is 2.14. The van der Waals surface area contributed by atoms with Crippen LogP contribution in [0.5, 0.6) is 5.75 Å². The number of nitrogens with one attached hydrogen (secondary N) is 1. The zero-order valence-corrected chi connectivity index (χ0v) is 9.96. The van der Waals surface area contributed by atoms with E-state index in [1.54, 1.807) is 24.3 Å². The molecule has 2 rings (SSSR count). The molecule has 96 valence electrons. The smallest absolute Gasteiger partial charge is 0.255 e. The second-order valence-electron chi connectivity index (χ2n) is 3.95. The lowest BCUT2D eigenvalue weighted by Crippen LogP contribution is -2.13. The maximum atomic E-state index is 11.9. The number of carbonyl (C=O) groups excluding carboxylic acids is 2. The van der Waals surface area contributed by atoms with Crippen LogP contribution in [0.3, 0.4) is 0 Å². The van der Waals surface area contributed by atoms with Crippen LogP contribution in [0.25, 0.3) is 0 Å². The molecule has 0 aliphatic rings. The molecule has 0 aromatic heterocycles. The van der Waals surface area contributed by atoms with Crippen molar-refractivity contribution in [3.05, 3.63) is 59.7 Å². The normalized spacial score (nSPS) is 9.89. The molecule has 0 heterocycles. The van der Waals surface area contributed by atoms with Gasteiger partial charge in [0.1, 0.15) is 5.75 Å². The number of benzene rings is 2. The summed E-state index contributed by atoms with van der Waals surface area (Å²) in [5, 5.41) is 11.9. The standard InChI is InChI=1S/C14H12N2O3/c15-13(18)9-4-6-11(7-5-9)16-14(19)10-2-1-3-12(17)8-10/h1-8,17H,(H2,15,18)(H,16,19). The van der Waals surface area contributed by atoms with E-state index in [1.807, 2.05) is 0 Å². The fourth-order valence-corrected chi connectivity index (χ4v) is 1.57. The van der Waals surface area contributed by atoms with Crippen LogP contribution in [0.1, 0.15) is 20.7 Å². The molecule has 0 aliphatic heterocycles. The van der Waals surface area contributed by atoms with Gasteiger partial charge in [0.2, 0.25) is 5.91 Å². The van der Waals surface area contributed by atoms with Gasteiger partial charge in [-0.05, 0) is 42.5 Å². The van der Waals surface area contributed by atoms with Gasteiger partial charge >= 0.3 is 0 Å². The predicted octanol–water partition coefficient (Wildman–Crippen LogP) is 1.74. The van der Waals surface area contributed by atoms with Crippen LogP contribution in [0.2, 0.25) is 0 Å². The average molecular weight is 256 g/mol. The van der Waals surface area contributed by atoms with Crippen molar-refractivity contribution in [2.45, 2.75) is 0 Å². The fourth-order valence-electron chi connectivity index (χ4n) is 1.57. The van der Waals surface area contributed by atoms with Crippen molar-refractivity contribution in [3.8, 4) is 5.75 Å². The Labute approximate surface area is 109 Å². The van der Waals surface area contributed by atoms with Crippen molar-refractivity contribution in [3.63, 3.8) is 0 Å². The van der Waals surface area contributed by atoms with E-state index < -0.39 is 5.91 Å². The van der Waals surface area contributed by atoms with Crippen molar-refractivity contribution in [2.24, 2.45) is 5.73 Å². The third-order valence-corrected chi connectivity index (χ3v) is 2.54. The van der Waals surface area contributed by atoms with Gasteiger partial charge in [0.15, 0.2) is 0 Å². The lowest BCUT2D eigenvalue weighted by atomic mass is 10.1. The molecule has 0 bridgehead atoms. The van der Waals surface area contributed by atoms with Crippen LogP contribution in [0.4, 0.5) is 5.69 Å². The number of phenolic OH excluding ortho intramolecular Hbond substituents is 1. The molecule has 0 spiro atoms. The lowest BCUT2D eigenvalue weighted by molar-refractivity contribution is 0.0998. The zero-order chi connectivity index (χ0) is 13.8. The molecule has 0 unspecified atom stereocenters. The van der Waals surface area contributed by atoms with Crippen LogP contribution in [0.15, 0.2) is 48.5 Å². The molecule has 0 aliphatic carbocycles. The van der Waals surface area contributed by atoms with E-state index in [2.05, 4.69) is 5.32 Å². The predicted molar refractivity (Wildman–Crippen MR) is 71.0 cm³/mol. The van der Waals surface area contributed by atoms with E-state index in [4.69, 9.17) is 5.73 Å². The van der Waals surface area contributed by atoms with Gasteiger partial charge < -0.3 is 16.2 Å². The van der Waals surface area contributed by atoms with Crippen LogP contribution in [0, 0.1) is 0 Å². The maximum Gasteiger partial charge on any atom is 0.255 e. The maximum absolute atomic E-state index is 11.9. The Hall–Kier alpha value is -2.82. The largest absolute Gasteiger partial charge is 0.508 e. The van der Waals surface area contributed by atoms with Crippen molar-refractivity contribution in [1.82, 2.24) is 0 Å². The lowest BCUT2D eigenvalue weighted by Gasteiger charge is -2.06. The summed E-state index contributed by atoms with van der Waals surface area (Å²) in [7, 11) is 0. The van der Waals surface area contributed by atoms with Crippen molar-refractivity contribution < 1.29 is 14.7 Å². The molecule has 0 radical (unpaired) electrons. The van der Waals surface area contributed by atoms with E-state index in [0.29, 0.717) is 16.8 Å². The molecular weight excluding hydrogens is 244 g/mol. The molecule has 2 amide bonds. The summed E-state index contributed by atoms with van der Waals surface area (Å²) in [6.07, 6.45) is 0. The minimum atomic E-state index is -0.522. The summed E-state index contributed by atoms with van der Waals surface area (Å²) in [4.78, 5) is 22.8. The van der Waals surface area contributed by atoms with Gasteiger partial charge in [-0.1, -0.05) is 6.07 Å². The number of phenols is 1. The first-order valence-corrected chi connectivity index (χ1v) is 5.56. The molecule has 5 heteroatoms. The fraction of sp³-hybridized carbons (Fsp3) is 0. The number of anilines is 1. The number of carbonyl (C=O) groups is 2. The number of nitrogens with two attached hydrogens (primary N) is 1. The molecule has 19 heavy (non-hydrogen) atoms. The number of amides is 2. The van der Waals surface area contributed by atoms with Gasteiger partial charge in [-0.25, -0.2) is 0 Å². The number of aromatic hydroxyl groups is 1. The van der Waals surface area contributed by atoms with Gasteiger partial charge in [0.05, 0.1) is 0 Å². The van der Waals surface area contributed by atoms with E-state index >= 15 is 0 Å². The van der Waals surface area contributed by atoms with Gasteiger partial charge in [-0.3, -0.25) is 9.59 Å². The number of rotatable bonds is 3. The average Bonchev–Trinajstić information content (AvgIpc) is 2.39. The first-order valence-electron chi connectivity index (χ1n) is 5.56. The summed E-state index contributed by atoms with van der Waals surface area (Å²) in [6.45, 7) is 0. The SMILES string of the molecule is NC(=O)c1ccc(NC(=O)c2cccc(O)c2)cc1. The van der Waals surface area contributed by atoms with Crippen LogP contribution in [-0.4, -0.2) is 16.9 Å². The Bertz CT molecular complexity index is 621. The second kappa shape index (κ2) is 5.22. The topological polar surface area (TPSA) is 92.4 Å². The summed E-state index contributed by atoms with van der Waals surface area (Å²) in [6, 6.07) is 12.3. The van der Waals surface area contributed by atoms with Crippen LogP contribution < -0.4 is 11.1 Å². The third kappa shape index (κ3) is 3.10. The molecule has 2 aromatic carbocycles. The molecule has 5 nitrogen and oxygen atoms in total. The molecule has 2 aromatic rings. The van der Waals surface area contributed by atoms with E-state index in [-0.39, 0.29) is 11.7 Å². The summed E-state index contributed by atoms with van der Waals surface area (Å²) >= 11 is 0. The Balaban J connectivity index is 2.13. The summed E-state index contributed by atoms with van der Waals surface area (Å²) in [5.74, 6) is -0.842. The molecule has 0 fully saturated rings. The van der Waals surface area contributed by atoms with Crippen molar-refractivity contribution in [2.75, 3.05) is 5.32 Å². The van der Waals surface area contributed by atoms with Crippen LogP contribution >= 0.6 is 0 Å². The highest BCUT2D eigenvalue weighted by molar-refractivity contribution is 6.04. The Kier molecular flexibility index (Phi) is 3.47. The van der Waals surface area contributed by atoms with Crippen molar-refractivity contribution >= 4 is 17.5 Å². The number of hydrogen-bond donors (Lipinski definition) is 3. The van der Waals surface area contributed by atoms with Gasteiger partial charge in [-0.2, -0.15) is 0 Å². The Morgan fingerprint density at radius 1 is 1.00 bits per heavy atom. The Morgan fingerprint density at radius 2 is 1.68 bits per heavy atom. The minimum absolute atomic E-state index is 0.0247. The summed E-state index contributed by atoms with van der Waals surface area (Å²) < 4.78 is 0. The first kappa shape index (κ1) is 12.6. The number of hydrogen-bond acceptors (Lipinski definition) is 3. The van der Waals surface area contributed by atoms with Gasteiger partial charge in [0.25, 0.3) is 5.91 Å². The first-order chi connectivity index (χ1) is 9.06. The highest BCUT2D eigenvalue weighted by Gasteiger charge is 2.07. The highest BCUT2D eigenvalue weighted by atomic mass is 16.3. The molecule has 4 N–H and O–H groups in total. The molecule has 0 saturated heterocycles.